The second-order valence-electron chi connectivity index (χ2n) is 2.95. The van der Waals surface area contributed by atoms with E-state index < -0.39 is 0 Å². The fourth-order valence-corrected chi connectivity index (χ4v) is 1.27. The Bertz CT molecular complexity index is 61.5. The minimum absolute atomic E-state index is 0.405. The molecule has 0 amide bonds. The van der Waals surface area contributed by atoms with Gasteiger partial charge in [0.2, 0.25) is 0 Å². The van der Waals surface area contributed by atoms with Gasteiger partial charge in [-0.3, -0.25) is 0 Å². The van der Waals surface area contributed by atoms with E-state index in [2.05, 4.69) is 20.8 Å². The molecule has 0 fully saturated rings. The molecule has 0 bridgehead atoms. The average molecular weight is 130 g/mol. The summed E-state index contributed by atoms with van der Waals surface area (Å²) in [7, 11) is 0. The van der Waals surface area contributed by atoms with Gasteiger partial charge in [0, 0.05) is 6.61 Å². The number of hydrogen-bond donors (Lipinski definition) is 0. The normalized spacial score (nSPS) is 11.9. The van der Waals surface area contributed by atoms with Gasteiger partial charge in [-0.25, -0.2) is 0 Å². The van der Waals surface area contributed by atoms with Crippen molar-refractivity contribution < 1.29 is 3.79 Å². The van der Waals surface area contributed by atoms with Gasteiger partial charge in [0.1, 0.15) is 0 Å². The van der Waals surface area contributed by atoms with Crippen LogP contribution in [0.4, 0.5) is 0 Å². The summed E-state index contributed by atoms with van der Waals surface area (Å²) >= 11 is 0.874. The summed E-state index contributed by atoms with van der Waals surface area (Å²) in [5.74, 6) is 0. The third-order valence-corrected chi connectivity index (χ3v) is 1.78. The third kappa shape index (κ3) is 3.49. The Labute approximate surface area is 60.2 Å². The van der Waals surface area contributed by atoms with Gasteiger partial charge in [0.15, 0.2) is 0 Å². The van der Waals surface area contributed by atoms with Crippen molar-refractivity contribution in [2.24, 2.45) is 5.41 Å². The van der Waals surface area contributed by atoms with Crippen LogP contribution in [0.3, 0.4) is 0 Å². The van der Waals surface area contributed by atoms with Crippen LogP contribution in [0.5, 0.6) is 0 Å². The van der Waals surface area contributed by atoms with Gasteiger partial charge in [-0.15, -0.1) is 0 Å². The zero-order chi connectivity index (χ0) is 6.62. The molecule has 0 radical (unpaired) electrons. The topological polar surface area (TPSA) is 9.23 Å². The van der Waals surface area contributed by atoms with Crippen LogP contribution in [-0.2, 0) is 3.79 Å². The molecule has 0 aromatic rings. The molecule has 0 atom stereocenters. The first-order valence-electron chi connectivity index (χ1n) is 3.11. The van der Waals surface area contributed by atoms with Gasteiger partial charge < -0.3 is 3.79 Å². The first kappa shape index (κ1) is 8.49. The van der Waals surface area contributed by atoms with Crippen LogP contribution < -0.4 is 0 Å². The van der Waals surface area contributed by atoms with Crippen LogP contribution in [0.25, 0.3) is 0 Å². The Balaban J connectivity index is 3.37. The van der Waals surface area contributed by atoms with Crippen LogP contribution in [-0.4, -0.2) is 23.2 Å². The zero-order valence-electron chi connectivity index (χ0n) is 6.32. The van der Waals surface area contributed by atoms with Crippen molar-refractivity contribution in [2.75, 3.05) is 6.61 Å². The van der Waals surface area contributed by atoms with Crippen LogP contribution in [0.15, 0.2) is 0 Å². The summed E-state index contributed by atoms with van der Waals surface area (Å²) in [6.07, 6.45) is 1.20. The smallest absolute Gasteiger partial charge is 0.410 e. The minimum atomic E-state index is 0.405. The monoisotopic (exact) mass is 130 g/mol. The highest BCUT2D eigenvalue weighted by atomic mass is 27.1. The molecule has 1 nitrogen and oxygen atoms in total. The fourth-order valence-electron chi connectivity index (χ4n) is 0.493. The Morgan fingerprint density at radius 1 is 1.50 bits per heavy atom. The van der Waals surface area contributed by atoms with E-state index in [1.807, 2.05) is 0 Å². The van der Waals surface area contributed by atoms with E-state index in [0.717, 1.165) is 23.2 Å². The Kier molecular flexibility index (Phi) is 3.72. The molecule has 0 rings (SSSR count). The molecule has 0 aromatic heterocycles. The van der Waals surface area contributed by atoms with E-state index in [1.54, 1.807) is 0 Å². The Morgan fingerprint density at radius 2 is 2.00 bits per heavy atom. The highest BCUT2D eigenvalue weighted by Crippen LogP contribution is 2.18. The quantitative estimate of drug-likeness (QED) is 0.517. The van der Waals surface area contributed by atoms with E-state index in [1.165, 1.54) is 6.42 Å². The van der Waals surface area contributed by atoms with Crippen LogP contribution in [0.2, 0.25) is 0 Å². The van der Waals surface area contributed by atoms with Crippen molar-refractivity contribution in [2.45, 2.75) is 27.2 Å². The zero-order valence-corrected chi connectivity index (χ0v) is 8.32. The maximum Gasteiger partial charge on any atom is 0.410 e. The van der Waals surface area contributed by atoms with Crippen molar-refractivity contribution in [1.29, 1.82) is 0 Å². The molecule has 0 saturated heterocycles. The van der Waals surface area contributed by atoms with Crippen molar-refractivity contribution in [1.82, 2.24) is 0 Å². The Hall–Kier alpha value is 0.492. The van der Waals surface area contributed by atoms with E-state index in [4.69, 9.17) is 3.79 Å². The van der Waals surface area contributed by atoms with Gasteiger partial charge in [-0.05, 0) is 11.8 Å². The summed E-state index contributed by atoms with van der Waals surface area (Å²) in [5, 5.41) is 0. The maximum absolute atomic E-state index is 5.14. The lowest BCUT2D eigenvalue weighted by atomic mass is 9.92. The van der Waals surface area contributed by atoms with E-state index in [9.17, 15) is 0 Å². The predicted molar refractivity (Wildman–Crippen MR) is 38.6 cm³/mol. The molecular formula is C6H15AlO. The summed E-state index contributed by atoms with van der Waals surface area (Å²) in [6.45, 7) is 7.58. The van der Waals surface area contributed by atoms with E-state index in [0.29, 0.717) is 5.41 Å². The standard InChI is InChI=1S/C6H13O.Al.2H/c1-4-6(2,3)5-7;;;/h4-5H2,1-3H3;;;/q-1;+1;;. The van der Waals surface area contributed by atoms with Crippen molar-refractivity contribution >= 4 is 16.6 Å². The molecule has 0 spiro atoms. The molecule has 2 heteroatoms. The minimum Gasteiger partial charge on any atom is -0.506 e. The van der Waals surface area contributed by atoms with Crippen molar-refractivity contribution in [3.05, 3.63) is 0 Å². The van der Waals surface area contributed by atoms with Gasteiger partial charge in [0.25, 0.3) is 0 Å². The van der Waals surface area contributed by atoms with E-state index >= 15 is 0 Å². The lowest BCUT2D eigenvalue weighted by molar-refractivity contribution is 0.188. The third-order valence-electron chi connectivity index (χ3n) is 1.49. The summed E-state index contributed by atoms with van der Waals surface area (Å²) in [6, 6.07) is 0. The second kappa shape index (κ2) is 3.50. The molecule has 0 aliphatic carbocycles. The summed E-state index contributed by atoms with van der Waals surface area (Å²) in [5.41, 5.74) is 0.405. The molecule has 0 saturated carbocycles. The fraction of sp³-hybridized carbons (Fsp3) is 1.00. The molecule has 0 aromatic carbocycles. The van der Waals surface area contributed by atoms with Gasteiger partial charge in [-0.1, -0.05) is 20.8 Å². The molecule has 0 aliphatic heterocycles. The van der Waals surface area contributed by atoms with Crippen LogP contribution >= 0.6 is 0 Å². The molecule has 0 unspecified atom stereocenters. The second-order valence-corrected chi connectivity index (χ2v) is 3.53. The van der Waals surface area contributed by atoms with Crippen molar-refractivity contribution in [3.8, 4) is 0 Å². The van der Waals surface area contributed by atoms with Crippen molar-refractivity contribution in [3.63, 3.8) is 0 Å². The lowest BCUT2D eigenvalue weighted by Crippen LogP contribution is -2.16. The van der Waals surface area contributed by atoms with E-state index in [-0.39, 0.29) is 0 Å². The summed E-state index contributed by atoms with van der Waals surface area (Å²) < 4.78 is 5.14. The largest absolute Gasteiger partial charge is 0.506 e. The number of rotatable bonds is 3. The lowest BCUT2D eigenvalue weighted by Gasteiger charge is -2.21. The van der Waals surface area contributed by atoms with Crippen LogP contribution in [0.1, 0.15) is 27.2 Å². The van der Waals surface area contributed by atoms with Gasteiger partial charge in [0.05, 0.1) is 0 Å². The van der Waals surface area contributed by atoms with Crippen LogP contribution in [0, 0.1) is 5.41 Å². The highest BCUT2D eigenvalue weighted by molar-refractivity contribution is 5.97. The van der Waals surface area contributed by atoms with Gasteiger partial charge in [-0.2, -0.15) is 0 Å². The molecule has 0 heterocycles. The van der Waals surface area contributed by atoms with Gasteiger partial charge >= 0.3 is 16.6 Å². The molecular weight excluding hydrogens is 115 g/mol. The SMILES string of the molecule is CCC(C)(C)C[O][AlH2]. The maximum atomic E-state index is 5.14. The highest BCUT2D eigenvalue weighted by Gasteiger charge is 2.12. The molecule has 0 aliphatic rings. The molecule has 8 heavy (non-hydrogen) atoms. The number of hydrogen-bond acceptors (Lipinski definition) is 1. The predicted octanol–water partition coefficient (Wildman–Crippen LogP) is 0.987. The summed E-state index contributed by atoms with van der Waals surface area (Å²) in [4.78, 5) is 0. The average Bonchev–Trinajstić information content (AvgIpc) is 1.67. The first-order valence-corrected chi connectivity index (χ1v) is 3.93. The molecule has 48 valence electrons. The molecule has 0 N–H and O–H groups in total. The Morgan fingerprint density at radius 3 is 2.12 bits per heavy atom. The first-order chi connectivity index (χ1) is 3.62.